The van der Waals surface area contributed by atoms with E-state index in [1.165, 1.54) is 0 Å². The van der Waals surface area contributed by atoms with Crippen molar-refractivity contribution in [3.63, 3.8) is 0 Å². The van der Waals surface area contributed by atoms with E-state index in [9.17, 15) is 13.0 Å². The zero-order valence-corrected chi connectivity index (χ0v) is 9.06. The molecule has 0 fully saturated rings. The van der Waals surface area contributed by atoms with Crippen molar-refractivity contribution in [3.05, 3.63) is 0 Å². The molecule has 0 radical (unpaired) electrons. The molecule has 0 aliphatic carbocycles. The van der Waals surface area contributed by atoms with Gasteiger partial charge in [0.2, 0.25) is 0 Å². The number of nitrogens with one attached hydrogen (secondary N) is 1. The molecule has 0 aliphatic rings. The first kappa shape index (κ1) is 13.1. The Morgan fingerprint density at radius 1 is 1.56 bits per heavy atom. The fraction of sp³-hybridized carbons (Fsp3) is 1.00. The Bertz CT molecular complexity index is 144. The Kier molecular flexibility index (Phi) is 9.01. The molecule has 7 heteroatoms. The van der Waals surface area contributed by atoms with Crippen LogP contribution in [0.5, 0.6) is 0 Å². The molecule has 0 aliphatic heterocycles. The molecule has 0 unspecified atom stereocenters. The van der Waals surface area contributed by atoms with Crippen molar-refractivity contribution in [2.24, 2.45) is 5.73 Å². The van der Waals surface area contributed by atoms with Gasteiger partial charge in [-0.25, -0.2) is 8.42 Å². The van der Waals surface area contributed by atoms with E-state index in [4.69, 9.17) is 5.73 Å². The van der Waals surface area contributed by atoms with Gasteiger partial charge in [0.25, 0.3) is 0 Å². The van der Waals surface area contributed by atoms with Gasteiger partial charge in [0.05, 0.1) is 5.88 Å². The van der Waals surface area contributed by atoms with Crippen molar-refractivity contribution in [2.75, 3.05) is 12.5 Å². The van der Waals surface area contributed by atoms with E-state index in [1.54, 1.807) is 0 Å². The second-order valence-electron chi connectivity index (χ2n) is 1.16. The molecule has 0 saturated heterocycles. The fourth-order valence-corrected chi connectivity index (χ4v) is 0.552. The Morgan fingerprint density at radius 2 is 2.00 bits per heavy atom. The summed E-state index contributed by atoms with van der Waals surface area (Å²) in [6.07, 6.45) is 0. The maximum atomic E-state index is 9.72. The molecular weight excluding hydrogens is 171 g/mol. The standard InChI is InChI=1S/C2H8N2O3S.K/c3-1-4-2-8(5,6)7;/h4H,1-3H2,(H,5,6,7);/q;+1/p-1. The van der Waals surface area contributed by atoms with Crippen LogP contribution in [-0.4, -0.2) is 25.5 Å². The summed E-state index contributed by atoms with van der Waals surface area (Å²) < 4.78 is 29.1. The molecule has 0 amide bonds. The Morgan fingerprint density at radius 3 is 2.11 bits per heavy atom. The van der Waals surface area contributed by atoms with Gasteiger partial charge in [-0.2, -0.15) is 0 Å². The van der Waals surface area contributed by atoms with Gasteiger partial charge in [-0.05, 0) is 0 Å². The van der Waals surface area contributed by atoms with Crippen molar-refractivity contribution in [1.82, 2.24) is 5.32 Å². The summed E-state index contributed by atoms with van der Waals surface area (Å²) in [5, 5.41) is 2.17. The summed E-state index contributed by atoms with van der Waals surface area (Å²) in [4.78, 5) is 0. The van der Waals surface area contributed by atoms with Gasteiger partial charge < -0.3 is 10.3 Å². The van der Waals surface area contributed by atoms with Gasteiger partial charge in [0, 0.05) is 6.67 Å². The molecule has 0 aromatic rings. The largest absolute Gasteiger partial charge is 1.00 e. The summed E-state index contributed by atoms with van der Waals surface area (Å²) in [6.45, 7) is 0.00146. The first-order valence-corrected chi connectivity index (χ1v) is 3.48. The maximum Gasteiger partial charge on any atom is 1.00 e. The molecule has 0 spiro atoms. The summed E-state index contributed by atoms with van der Waals surface area (Å²) in [6, 6.07) is 0. The van der Waals surface area contributed by atoms with E-state index in [0.717, 1.165) is 0 Å². The van der Waals surface area contributed by atoms with Crippen LogP contribution in [0.25, 0.3) is 0 Å². The Labute approximate surface area is 96.5 Å². The van der Waals surface area contributed by atoms with Gasteiger partial charge >= 0.3 is 51.4 Å². The van der Waals surface area contributed by atoms with Crippen molar-refractivity contribution < 1.29 is 64.4 Å². The second-order valence-corrected chi connectivity index (χ2v) is 2.56. The van der Waals surface area contributed by atoms with Crippen LogP contribution in [-0.2, 0) is 10.1 Å². The molecule has 0 heterocycles. The average molecular weight is 178 g/mol. The Balaban J connectivity index is 0. The van der Waals surface area contributed by atoms with Crippen LogP contribution < -0.4 is 62.4 Å². The normalized spacial score (nSPS) is 10.4. The van der Waals surface area contributed by atoms with Crippen LogP contribution in [0.2, 0.25) is 0 Å². The van der Waals surface area contributed by atoms with Crippen molar-refractivity contribution in [2.45, 2.75) is 0 Å². The topological polar surface area (TPSA) is 95.2 Å². The van der Waals surface area contributed by atoms with Gasteiger partial charge in [-0.15, -0.1) is 0 Å². The summed E-state index contributed by atoms with van der Waals surface area (Å²) in [5.74, 6) is -0.594. The van der Waals surface area contributed by atoms with Crippen molar-refractivity contribution >= 4 is 10.1 Å². The van der Waals surface area contributed by atoms with Crippen LogP contribution in [0.3, 0.4) is 0 Å². The smallest absolute Gasteiger partial charge is 0.747 e. The molecule has 5 nitrogen and oxygen atoms in total. The Hall–Kier alpha value is 1.47. The average Bonchev–Trinajstić information content (AvgIpc) is 1.59. The van der Waals surface area contributed by atoms with Crippen LogP contribution in [0.4, 0.5) is 0 Å². The molecule has 3 N–H and O–H groups in total. The number of hydrogen-bond donors (Lipinski definition) is 2. The van der Waals surface area contributed by atoms with Gasteiger partial charge in [-0.3, -0.25) is 5.32 Å². The third-order valence-electron chi connectivity index (χ3n) is 0.423. The van der Waals surface area contributed by atoms with Gasteiger partial charge in [0.1, 0.15) is 10.1 Å². The SMILES string of the molecule is NCNCS(=O)(=O)[O-].[K+]. The summed E-state index contributed by atoms with van der Waals surface area (Å²) in [5.41, 5.74) is 4.82. The quantitative estimate of drug-likeness (QED) is 0.256. The zero-order valence-electron chi connectivity index (χ0n) is 5.12. The predicted molar refractivity (Wildman–Crippen MR) is 26.8 cm³/mol. The molecule has 0 bridgehead atoms. The summed E-state index contributed by atoms with van der Waals surface area (Å²) in [7, 11) is -4.13. The summed E-state index contributed by atoms with van der Waals surface area (Å²) >= 11 is 0. The van der Waals surface area contributed by atoms with E-state index in [1.807, 2.05) is 0 Å². The van der Waals surface area contributed by atoms with E-state index >= 15 is 0 Å². The molecule has 0 saturated carbocycles. The molecule has 0 rings (SSSR count). The van der Waals surface area contributed by atoms with E-state index < -0.39 is 16.0 Å². The third kappa shape index (κ3) is 12.6. The third-order valence-corrected chi connectivity index (χ3v) is 0.981. The number of rotatable bonds is 3. The first-order chi connectivity index (χ1) is 3.56. The molecule has 0 atom stereocenters. The van der Waals surface area contributed by atoms with E-state index in [-0.39, 0.29) is 58.1 Å². The minimum Gasteiger partial charge on any atom is -0.747 e. The van der Waals surface area contributed by atoms with E-state index in [0.29, 0.717) is 0 Å². The minimum absolute atomic E-state index is 0. The van der Waals surface area contributed by atoms with Crippen molar-refractivity contribution in [1.29, 1.82) is 0 Å². The first-order valence-electron chi connectivity index (χ1n) is 1.90. The van der Waals surface area contributed by atoms with Crippen LogP contribution in [0.1, 0.15) is 0 Å². The van der Waals surface area contributed by atoms with Gasteiger partial charge in [-0.1, -0.05) is 0 Å². The van der Waals surface area contributed by atoms with Crippen LogP contribution in [0.15, 0.2) is 0 Å². The van der Waals surface area contributed by atoms with Gasteiger partial charge in [0.15, 0.2) is 0 Å². The molecular formula is C2H7KN2O3S. The monoisotopic (exact) mass is 178 g/mol. The van der Waals surface area contributed by atoms with Crippen LogP contribution in [0, 0.1) is 0 Å². The number of hydrogen-bond acceptors (Lipinski definition) is 5. The molecule has 0 aromatic heterocycles. The maximum absolute atomic E-state index is 9.72. The molecule has 0 aromatic carbocycles. The van der Waals surface area contributed by atoms with Crippen LogP contribution >= 0.6 is 0 Å². The van der Waals surface area contributed by atoms with E-state index in [2.05, 4.69) is 5.32 Å². The molecule has 50 valence electrons. The predicted octanol–water partition coefficient (Wildman–Crippen LogP) is -5.00. The minimum atomic E-state index is -4.13. The molecule has 9 heavy (non-hydrogen) atoms. The number of nitrogens with two attached hydrogens (primary N) is 1. The fourth-order valence-electron chi connectivity index (χ4n) is 0.184. The van der Waals surface area contributed by atoms with Crippen molar-refractivity contribution in [3.8, 4) is 0 Å². The zero-order chi connectivity index (χ0) is 6.62. The second kappa shape index (κ2) is 6.19.